The third kappa shape index (κ3) is 4.84. The Morgan fingerprint density at radius 2 is 1.44 bits per heavy atom. The summed E-state index contributed by atoms with van der Waals surface area (Å²) in [6.07, 6.45) is 0. The number of methoxy groups -OCH3 is 1. The molecule has 146 valence electrons. The van der Waals surface area contributed by atoms with Gasteiger partial charge in [0.1, 0.15) is 11.8 Å². The lowest BCUT2D eigenvalue weighted by Crippen LogP contribution is -2.33. The molecule has 0 aliphatic heterocycles. The highest BCUT2D eigenvalue weighted by atomic mass is 31.2. The number of ether oxygens (including phenoxy) is 1. The van der Waals surface area contributed by atoms with Gasteiger partial charge in [-0.15, -0.1) is 0 Å². The number of carbonyl (C=O) groups excluding carboxylic acids is 1. The van der Waals surface area contributed by atoms with Gasteiger partial charge in [-0.05, 0) is 19.1 Å². The van der Waals surface area contributed by atoms with E-state index in [2.05, 4.69) is 9.82 Å². The number of carbonyl (C=O) groups is 1. The smallest absolute Gasteiger partial charge is 0.382 e. The normalized spacial score (nSPS) is 13.0. The van der Waals surface area contributed by atoms with Crippen LogP contribution in [-0.2, 0) is 9.53 Å². The fraction of sp³-hybridized carbons (Fsp3) is 0.188. The Morgan fingerprint density at radius 3 is 1.96 bits per heavy atom. The van der Waals surface area contributed by atoms with Gasteiger partial charge >= 0.3 is 14.5 Å². The van der Waals surface area contributed by atoms with Crippen LogP contribution in [-0.4, -0.2) is 19.1 Å². The number of para-hydroxylation sites is 1. The first-order valence-electron chi connectivity index (χ1n) is 7.32. The second-order valence-corrected chi connectivity index (χ2v) is 6.16. The largest absolute Gasteiger partial charge is 0.468 e. The van der Waals surface area contributed by atoms with E-state index in [9.17, 15) is 26.7 Å². The molecule has 5 nitrogen and oxygen atoms in total. The van der Waals surface area contributed by atoms with Gasteiger partial charge in [-0.1, -0.05) is 18.2 Å². The summed E-state index contributed by atoms with van der Waals surface area (Å²) >= 11 is 0. The maximum absolute atomic E-state index is 13.9. The highest BCUT2D eigenvalue weighted by Crippen LogP contribution is 2.41. The van der Waals surface area contributed by atoms with Crippen molar-refractivity contribution in [3.05, 3.63) is 59.4 Å². The summed E-state index contributed by atoms with van der Waals surface area (Å²) < 4.78 is 82.3. The molecule has 2 aromatic carbocycles. The maximum Gasteiger partial charge on any atom is 0.382 e. The van der Waals surface area contributed by atoms with Gasteiger partial charge in [0.25, 0.3) is 0 Å². The predicted octanol–water partition coefficient (Wildman–Crippen LogP) is 4.22. The van der Waals surface area contributed by atoms with Crippen molar-refractivity contribution in [3.63, 3.8) is 0 Å². The van der Waals surface area contributed by atoms with Crippen LogP contribution in [0.2, 0.25) is 0 Å². The second kappa shape index (κ2) is 8.96. The number of esters is 1. The van der Waals surface area contributed by atoms with Crippen molar-refractivity contribution in [2.75, 3.05) is 7.11 Å². The summed E-state index contributed by atoms with van der Waals surface area (Å²) in [6.45, 7) is 1.33. The molecule has 2 rings (SSSR count). The zero-order chi connectivity index (χ0) is 20.1. The number of nitrogens with one attached hydrogen (secondary N) is 1. The Hall–Kier alpha value is -2.45. The van der Waals surface area contributed by atoms with Crippen molar-refractivity contribution in [2.24, 2.45) is 0 Å². The van der Waals surface area contributed by atoms with Crippen molar-refractivity contribution < 1.29 is 40.5 Å². The molecule has 0 fully saturated rings. The fourth-order valence-corrected chi connectivity index (χ4v) is 2.99. The first-order valence-corrected chi connectivity index (χ1v) is 8.50. The van der Waals surface area contributed by atoms with Crippen LogP contribution in [0, 0.1) is 29.1 Å². The van der Waals surface area contributed by atoms with Crippen molar-refractivity contribution in [2.45, 2.75) is 13.0 Å². The standard InChI is InChI=1S/C16H13F5NO4P/c1-8(16(23)24-2)22-27(25-9-6-4-3-5-7-9)26-15-13(20)11(18)10(17)12(19)14(15)21/h3-8,22H,1-2H3. The van der Waals surface area contributed by atoms with E-state index in [1.54, 1.807) is 18.2 Å². The molecule has 0 aliphatic rings. The highest BCUT2D eigenvalue weighted by molar-refractivity contribution is 7.45. The lowest BCUT2D eigenvalue weighted by Gasteiger charge is -2.22. The Morgan fingerprint density at radius 1 is 0.926 bits per heavy atom. The van der Waals surface area contributed by atoms with Crippen LogP contribution < -0.4 is 14.1 Å². The Labute approximate surface area is 152 Å². The molecular weight excluding hydrogens is 396 g/mol. The number of benzene rings is 2. The van der Waals surface area contributed by atoms with E-state index in [1.807, 2.05) is 0 Å². The van der Waals surface area contributed by atoms with Crippen LogP contribution >= 0.6 is 8.53 Å². The van der Waals surface area contributed by atoms with Crippen LogP contribution in [0.15, 0.2) is 30.3 Å². The van der Waals surface area contributed by atoms with Crippen molar-refractivity contribution in [1.29, 1.82) is 0 Å². The second-order valence-electron chi connectivity index (χ2n) is 5.03. The molecule has 0 bridgehead atoms. The summed E-state index contributed by atoms with van der Waals surface area (Å²) in [5, 5.41) is 2.45. The van der Waals surface area contributed by atoms with Gasteiger partial charge in [0.2, 0.25) is 34.8 Å². The molecule has 11 heteroatoms. The van der Waals surface area contributed by atoms with Gasteiger partial charge in [-0.25, -0.2) is 18.3 Å². The average molecular weight is 409 g/mol. The monoisotopic (exact) mass is 409 g/mol. The van der Waals surface area contributed by atoms with Crippen LogP contribution in [0.25, 0.3) is 0 Å². The Kier molecular flexibility index (Phi) is 6.92. The third-order valence-corrected chi connectivity index (χ3v) is 4.45. The van der Waals surface area contributed by atoms with Crippen LogP contribution in [0.1, 0.15) is 6.92 Å². The molecule has 0 saturated carbocycles. The van der Waals surface area contributed by atoms with E-state index in [0.717, 1.165) is 7.11 Å². The highest BCUT2D eigenvalue weighted by Gasteiger charge is 2.31. The van der Waals surface area contributed by atoms with Crippen LogP contribution in [0.3, 0.4) is 0 Å². The molecule has 2 unspecified atom stereocenters. The lowest BCUT2D eigenvalue weighted by molar-refractivity contribution is -0.142. The molecular formula is C16H13F5NO4P. The summed E-state index contributed by atoms with van der Waals surface area (Å²) in [6, 6.07) is 6.66. The van der Waals surface area contributed by atoms with Crippen molar-refractivity contribution in [1.82, 2.24) is 5.09 Å². The Bertz CT molecular complexity index is 795. The maximum atomic E-state index is 13.9. The molecule has 0 radical (unpaired) electrons. The molecule has 0 spiro atoms. The molecule has 0 saturated heterocycles. The van der Waals surface area contributed by atoms with E-state index in [-0.39, 0.29) is 5.75 Å². The summed E-state index contributed by atoms with van der Waals surface area (Å²) in [5.41, 5.74) is 0. The van der Waals surface area contributed by atoms with Crippen molar-refractivity contribution in [3.8, 4) is 11.5 Å². The van der Waals surface area contributed by atoms with Gasteiger partial charge in [-0.3, -0.25) is 4.79 Å². The number of hydrogen-bond acceptors (Lipinski definition) is 5. The van der Waals surface area contributed by atoms with E-state index >= 15 is 0 Å². The van der Waals surface area contributed by atoms with E-state index < -0.39 is 55.4 Å². The van der Waals surface area contributed by atoms with E-state index in [4.69, 9.17) is 9.05 Å². The summed E-state index contributed by atoms with van der Waals surface area (Å²) in [5.74, 6) is -13.1. The zero-order valence-electron chi connectivity index (χ0n) is 13.9. The number of halogens is 5. The molecule has 0 amide bonds. The van der Waals surface area contributed by atoms with Gasteiger partial charge in [-0.2, -0.15) is 8.78 Å². The zero-order valence-corrected chi connectivity index (χ0v) is 14.8. The minimum absolute atomic E-state index is 0.164. The third-order valence-electron chi connectivity index (χ3n) is 3.13. The first-order chi connectivity index (χ1) is 12.8. The number of hydrogen-bond donors (Lipinski definition) is 1. The van der Waals surface area contributed by atoms with Gasteiger partial charge < -0.3 is 13.8 Å². The molecule has 0 aromatic heterocycles. The quantitative estimate of drug-likeness (QED) is 0.244. The Balaban J connectivity index is 2.35. The summed E-state index contributed by atoms with van der Waals surface area (Å²) in [7, 11) is -1.44. The molecule has 2 atom stereocenters. The van der Waals surface area contributed by atoms with Gasteiger partial charge in [0.05, 0.1) is 7.11 Å². The molecule has 2 aromatic rings. The SMILES string of the molecule is COC(=O)C(C)NP(Oc1ccccc1)Oc1c(F)c(F)c(F)c(F)c1F. The molecule has 1 N–H and O–H groups in total. The minimum Gasteiger partial charge on any atom is -0.468 e. The fourth-order valence-electron chi connectivity index (χ4n) is 1.78. The predicted molar refractivity (Wildman–Crippen MR) is 85.5 cm³/mol. The van der Waals surface area contributed by atoms with Crippen molar-refractivity contribution >= 4 is 14.5 Å². The number of rotatable bonds is 7. The van der Waals surface area contributed by atoms with Crippen LogP contribution in [0.5, 0.6) is 11.5 Å². The molecule has 0 heterocycles. The minimum atomic E-state index is -2.54. The van der Waals surface area contributed by atoms with Gasteiger partial charge in [0.15, 0.2) is 0 Å². The van der Waals surface area contributed by atoms with Crippen LogP contribution in [0.4, 0.5) is 22.0 Å². The van der Waals surface area contributed by atoms with E-state index in [1.165, 1.54) is 19.1 Å². The molecule has 27 heavy (non-hydrogen) atoms. The molecule has 0 aliphatic carbocycles. The van der Waals surface area contributed by atoms with Gasteiger partial charge in [0, 0.05) is 0 Å². The average Bonchev–Trinajstić information content (AvgIpc) is 2.68. The lowest BCUT2D eigenvalue weighted by atomic mass is 10.3. The first kappa shape index (κ1) is 20.9. The topological polar surface area (TPSA) is 56.8 Å². The summed E-state index contributed by atoms with van der Waals surface area (Å²) in [4.78, 5) is 11.5. The van der Waals surface area contributed by atoms with E-state index in [0.29, 0.717) is 0 Å².